The van der Waals surface area contributed by atoms with Crippen molar-refractivity contribution < 1.29 is 19.4 Å². The van der Waals surface area contributed by atoms with Gasteiger partial charge in [0, 0.05) is 45.9 Å². The highest BCUT2D eigenvalue weighted by Crippen LogP contribution is 2.35. The van der Waals surface area contributed by atoms with Crippen LogP contribution in [0.3, 0.4) is 0 Å². The van der Waals surface area contributed by atoms with Gasteiger partial charge in [-0.1, -0.05) is 0 Å². The Kier molecular flexibility index (Phi) is 7.07. The third kappa shape index (κ3) is 4.91. The summed E-state index contributed by atoms with van der Waals surface area (Å²) in [6.07, 6.45) is 0.894. The van der Waals surface area contributed by atoms with Crippen LogP contribution in [0, 0.1) is 0 Å². The van der Waals surface area contributed by atoms with Gasteiger partial charge in [0.05, 0.1) is 18.2 Å². The minimum Gasteiger partial charge on any atom is -0.489 e. The van der Waals surface area contributed by atoms with Crippen LogP contribution in [0.1, 0.15) is 37.0 Å². The van der Waals surface area contributed by atoms with E-state index in [-0.39, 0.29) is 30.5 Å². The minimum absolute atomic E-state index is 0.0443. The van der Waals surface area contributed by atoms with Crippen LogP contribution in [0.4, 0.5) is 5.69 Å². The first-order valence-corrected chi connectivity index (χ1v) is 9.38. The van der Waals surface area contributed by atoms with E-state index in [4.69, 9.17) is 9.84 Å². The molecule has 7 heteroatoms. The summed E-state index contributed by atoms with van der Waals surface area (Å²) in [7, 11) is 5.36. The molecule has 0 bridgehead atoms. The molecule has 0 unspecified atom stereocenters. The van der Waals surface area contributed by atoms with E-state index in [1.807, 2.05) is 37.9 Å². The molecule has 1 aliphatic heterocycles. The van der Waals surface area contributed by atoms with Crippen molar-refractivity contribution in [1.29, 1.82) is 0 Å². The van der Waals surface area contributed by atoms with Crippen molar-refractivity contribution in [3.05, 3.63) is 23.8 Å². The highest BCUT2D eigenvalue weighted by atomic mass is 16.5. The lowest BCUT2D eigenvalue weighted by molar-refractivity contribution is -0.133. The molecule has 1 heterocycles. The molecule has 2 rings (SSSR count). The summed E-state index contributed by atoms with van der Waals surface area (Å²) >= 11 is 0. The molecule has 0 saturated carbocycles. The zero-order chi connectivity index (χ0) is 20.1. The first-order chi connectivity index (χ1) is 12.8. The number of benzene rings is 1. The monoisotopic (exact) mass is 377 g/mol. The van der Waals surface area contributed by atoms with Crippen LogP contribution in [0.25, 0.3) is 0 Å². The number of hydrogen-bond acceptors (Lipinski definition) is 5. The first-order valence-electron chi connectivity index (χ1n) is 9.38. The number of fused-ring (bicyclic) bond motifs is 1. The molecule has 27 heavy (non-hydrogen) atoms. The van der Waals surface area contributed by atoms with Crippen molar-refractivity contribution in [2.45, 2.75) is 38.8 Å². The molecule has 0 aromatic heterocycles. The summed E-state index contributed by atoms with van der Waals surface area (Å²) < 4.78 is 5.85. The molecule has 0 fully saturated rings. The van der Waals surface area contributed by atoms with Crippen molar-refractivity contribution in [1.82, 2.24) is 9.80 Å². The zero-order valence-corrected chi connectivity index (χ0v) is 16.9. The van der Waals surface area contributed by atoms with Gasteiger partial charge < -0.3 is 24.5 Å². The smallest absolute Gasteiger partial charge is 0.253 e. The maximum absolute atomic E-state index is 12.8. The van der Waals surface area contributed by atoms with Crippen molar-refractivity contribution >= 4 is 17.5 Å². The largest absolute Gasteiger partial charge is 0.489 e. The second kappa shape index (κ2) is 9.08. The van der Waals surface area contributed by atoms with E-state index in [1.54, 1.807) is 25.1 Å². The number of anilines is 1. The number of carbonyl (C=O) groups is 2. The lowest BCUT2D eigenvalue weighted by atomic mass is 10.1. The van der Waals surface area contributed by atoms with E-state index in [9.17, 15) is 9.59 Å². The number of nitrogens with zero attached hydrogens (tertiary/aromatic N) is 3. The van der Waals surface area contributed by atoms with E-state index in [1.165, 1.54) is 4.90 Å². The molecule has 1 aliphatic rings. The van der Waals surface area contributed by atoms with Crippen LogP contribution in [-0.4, -0.2) is 79.7 Å². The number of aliphatic hydroxyl groups is 1. The number of amides is 2. The molecule has 1 aromatic rings. The Bertz CT molecular complexity index is 675. The maximum atomic E-state index is 12.8. The fourth-order valence-corrected chi connectivity index (χ4v) is 3.23. The minimum atomic E-state index is -0.106. The molecule has 150 valence electrons. The van der Waals surface area contributed by atoms with Crippen LogP contribution in [0.15, 0.2) is 18.2 Å². The average molecular weight is 377 g/mol. The summed E-state index contributed by atoms with van der Waals surface area (Å²) in [5, 5.41) is 9.06. The van der Waals surface area contributed by atoms with Crippen molar-refractivity contribution in [3.8, 4) is 5.75 Å². The Balaban J connectivity index is 2.15. The Morgan fingerprint density at radius 2 is 2.04 bits per heavy atom. The number of ether oxygens (including phenoxy) is 1. The standard InChI is InChI=1S/C20H31N3O4/c1-14(2)23(9-6-10-24)19(25)12-16-13-27-18-8-7-15(20(26)21(3)4)11-17(18)22(16)5/h7-8,11,14,16,24H,6,9-10,12-13H2,1-5H3/t16-/m1/s1. The maximum Gasteiger partial charge on any atom is 0.253 e. The summed E-state index contributed by atoms with van der Waals surface area (Å²) in [6, 6.07) is 5.36. The fraction of sp³-hybridized carbons (Fsp3) is 0.600. The summed E-state index contributed by atoms with van der Waals surface area (Å²) in [6.45, 7) is 4.99. The molecule has 1 aromatic carbocycles. The highest BCUT2D eigenvalue weighted by Gasteiger charge is 2.29. The number of carbonyl (C=O) groups excluding carboxylic acids is 2. The Hall–Kier alpha value is -2.28. The van der Waals surface area contributed by atoms with Gasteiger partial charge in [-0.05, 0) is 38.5 Å². The van der Waals surface area contributed by atoms with Crippen LogP contribution in [0.5, 0.6) is 5.75 Å². The van der Waals surface area contributed by atoms with Crippen LogP contribution in [-0.2, 0) is 4.79 Å². The van der Waals surface area contributed by atoms with Gasteiger partial charge in [-0.25, -0.2) is 0 Å². The highest BCUT2D eigenvalue weighted by molar-refractivity contribution is 5.95. The van der Waals surface area contributed by atoms with E-state index in [2.05, 4.69) is 0 Å². The Morgan fingerprint density at radius 3 is 2.63 bits per heavy atom. The van der Waals surface area contributed by atoms with E-state index < -0.39 is 0 Å². The predicted molar refractivity (Wildman–Crippen MR) is 105 cm³/mol. The molecule has 0 spiro atoms. The molecular formula is C20H31N3O4. The molecule has 0 saturated heterocycles. The van der Waals surface area contributed by atoms with Gasteiger partial charge in [-0.2, -0.15) is 0 Å². The van der Waals surface area contributed by atoms with Gasteiger partial charge in [0.15, 0.2) is 0 Å². The lowest BCUT2D eigenvalue weighted by Gasteiger charge is -2.37. The second-order valence-electron chi connectivity index (χ2n) is 7.42. The van der Waals surface area contributed by atoms with E-state index in [0.29, 0.717) is 31.6 Å². The van der Waals surface area contributed by atoms with Gasteiger partial charge in [0.1, 0.15) is 12.4 Å². The number of aliphatic hydroxyl groups excluding tert-OH is 1. The third-order valence-corrected chi connectivity index (χ3v) is 4.88. The Morgan fingerprint density at radius 1 is 1.33 bits per heavy atom. The average Bonchev–Trinajstić information content (AvgIpc) is 2.63. The summed E-state index contributed by atoms with van der Waals surface area (Å²) in [5.74, 6) is 0.694. The number of rotatable bonds is 7. The quantitative estimate of drug-likeness (QED) is 0.781. The molecule has 1 N–H and O–H groups in total. The van der Waals surface area contributed by atoms with Gasteiger partial charge in [-0.3, -0.25) is 9.59 Å². The zero-order valence-electron chi connectivity index (χ0n) is 16.9. The van der Waals surface area contributed by atoms with Gasteiger partial charge in [0.25, 0.3) is 5.91 Å². The number of likely N-dealkylation sites (N-methyl/N-ethyl adjacent to an activating group) is 1. The van der Waals surface area contributed by atoms with Crippen LogP contribution < -0.4 is 9.64 Å². The second-order valence-corrected chi connectivity index (χ2v) is 7.42. The van der Waals surface area contributed by atoms with Crippen LogP contribution >= 0.6 is 0 Å². The predicted octanol–water partition coefficient (Wildman–Crippen LogP) is 1.60. The van der Waals surface area contributed by atoms with Crippen molar-refractivity contribution in [2.75, 3.05) is 45.8 Å². The van der Waals surface area contributed by atoms with Crippen LogP contribution in [0.2, 0.25) is 0 Å². The molecule has 0 aliphatic carbocycles. The lowest BCUT2D eigenvalue weighted by Crippen LogP contribution is -2.46. The summed E-state index contributed by atoms with van der Waals surface area (Å²) in [4.78, 5) is 30.4. The Labute approximate surface area is 161 Å². The van der Waals surface area contributed by atoms with Crippen molar-refractivity contribution in [2.24, 2.45) is 0 Å². The molecule has 1 atom stereocenters. The third-order valence-electron chi connectivity index (χ3n) is 4.88. The fourth-order valence-electron chi connectivity index (χ4n) is 3.23. The molecule has 0 radical (unpaired) electrons. The normalized spacial score (nSPS) is 16.0. The van der Waals surface area contributed by atoms with E-state index >= 15 is 0 Å². The molecule has 2 amide bonds. The topological polar surface area (TPSA) is 73.3 Å². The van der Waals surface area contributed by atoms with Gasteiger partial charge in [-0.15, -0.1) is 0 Å². The first kappa shape index (κ1) is 21.0. The molecular weight excluding hydrogens is 346 g/mol. The van der Waals surface area contributed by atoms with E-state index in [0.717, 1.165) is 11.4 Å². The van der Waals surface area contributed by atoms with Crippen molar-refractivity contribution in [3.63, 3.8) is 0 Å². The number of hydrogen-bond donors (Lipinski definition) is 1. The molecule has 7 nitrogen and oxygen atoms in total. The van der Waals surface area contributed by atoms with Gasteiger partial charge >= 0.3 is 0 Å². The SMILES string of the molecule is CC(C)N(CCCO)C(=O)C[C@@H]1COc2ccc(C(=O)N(C)C)cc2N1C. The summed E-state index contributed by atoms with van der Waals surface area (Å²) in [5.41, 5.74) is 1.41. The van der Waals surface area contributed by atoms with Gasteiger partial charge in [0.2, 0.25) is 5.91 Å².